The summed E-state index contributed by atoms with van der Waals surface area (Å²) in [4.78, 5) is 38.6. The molecule has 1 fully saturated rings. The van der Waals surface area contributed by atoms with Crippen LogP contribution in [0.15, 0.2) is 24.3 Å². The van der Waals surface area contributed by atoms with Crippen molar-refractivity contribution in [2.75, 3.05) is 6.54 Å². The molecule has 7 nitrogen and oxygen atoms in total. The van der Waals surface area contributed by atoms with E-state index in [1.54, 1.807) is 20.8 Å². The van der Waals surface area contributed by atoms with E-state index in [0.29, 0.717) is 17.9 Å². The van der Waals surface area contributed by atoms with Gasteiger partial charge in [-0.3, -0.25) is 14.5 Å². The molecule has 1 heterocycles. The lowest BCUT2D eigenvalue weighted by Crippen LogP contribution is -2.53. The third-order valence-corrected chi connectivity index (χ3v) is 4.36. The van der Waals surface area contributed by atoms with E-state index in [9.17, 15) is 14.4 Å². The molecular formula is C17H21N3O4. The van der Waals surface area contributed by atoms with Crippen molar-refractivity contribution in [2.45, 2.75) is 44.8 Å². The van der Waals surface area contributed by atoms with Crippen molar-refractivity contribution in [3.8, 4) is 0 Å². The molecule has 0 radical (unpaired) electrons. The van der Waals surface area contributed by atoms with E-state index in [1.165, 1.54) is 4.90 Å². The molecule has 0 unspecified atom stereocenters. The third-order valence-electron chi connectivity index (χ3n) is 4.36. The largest absolute Gasteiger partial charge is 0.459 e. The summed E-state index contributed by atoms with van der Waals surface area (Å²) in [7, 11) is 0. The van der Waals surface area contributed by atoms with E-state index >= 15 is 0 Å². The minimum Gasteiger partial charge on any atom is -0.459 e. The molecule has 3 rings (SSSR count). The van der Waals surface area contributed by atoms with Crippen molar-refractivity contribution in [2.24, 2.45) is 5.84 Å². The van der Waals surface area contributed by atoms with Crippen LogP contribution in [0.1, 0.15) is 31.9 Å². The van der Waals surface area contributed by atoms with Gasteiger partial charge in [-0.25, -0.2) is 10.6 Å². The van der Waals surface area contributed by atoms with E-state index in [2.05, 4.69) is 0 Å². The minimum absolute atomic E-state index is 0.302. The molecule has 0 bridgehead atoms. The number of hydrogen-bond acceptors (Lipinski definition) is 5. The highest BCUT2D eigenvalue weighted by molar-refractivity contribution is 6.08. The molecule has 1 saturated heterocycles. The fourth-order valence-corrected chi connectivity index (χ4v) is 3.40. The van der Waals surface area contributed by atoms with Gasteiger partial charge in [0.1, 0.15) is 17.7 Å². The van der Waals surface area contributed by atoms with Gasteiger partial charge in [0.05, 0.1) is 0 Å². The molecule has 2 aliphatic rings. The van der Waals surface area contributed by atoms with Crippen LogP contribution in [0.2, 0.25) is 0 Å². The predicted molar refractivity (Wildman–Crippen MR) is 85.6 cm³/mol. The minimum atomic E-state index is -1.13. The third kappa shape index (κ3) is 2.54. The summed E-state index contributed by atoms with van der Waals surface area (Å²) in [5.41, 5.74) is 0.177. The SMILES string of the molecule is CC(C)(C)OC(=O)CN1C(=O)N(N)C(=O)C12Cc1ccccc1C2. The van der Waals surface area contributed by atoms with Gasteiger partial charge in [0.15, 0.2) is 0 Å². The van der Waals surface area contributed by atoms with E-state index < -0.39 is 29.0 Å². The fourth-order valence-electron chi connectivity index (χ4n) is 3.40. The van der Waals surface area contributed by atoms with Gasteiger partial charge in [-0.2, -0.15) is 5.01 Å². The van der Waals surface area contributed by atoms with Crippen LogP contribution in [0.25, 0.3) is 0 Å². The number of benzene rings is 1. The number of fused-ring (bicyclic) bond motifs is 1. The number of hydrogen-bond donors (Lipinski definition) is 1. The number of amides is 3. The standard InChI is InChI=1S/C17H21N3O4/c1-16(2,3)24-13(21)10-19-15(23)20(18)14(22)17(19)8-11-6-4-5-7-12(11)9-17/h4-7H,8-10,18H2,1-3H3. The van der Waals surface area contributed by atoms with Gasteiger partial charge < -0.3 is 4.74 Å². The summed E-state index contributed by atoms with van der Waals surface area (Å²) in [5.74, 6) is 4.60. The zero-order chi connectivity index (χ0) is 17.7. The highest BCUT2D eigenvalue weighted by atomic mass is 16.6. The monoisotopic (exact) mass is 331 g/mol. The number of ether oxygens (including phenoxy) is 1. The Labute approximate surface area is 140 Å². The predicted octanol–water partition coefficient (Wildman–Crippen LogP) is 1.00. The Kier molecular flexibility index (Phi) is 3.64. The Balaban J connectivity index is 1.91. The number of hydrazine groups is 1. The van der Waals surface area contributed by atoms with Crippen LogP contribution in [0.4, 0.5) is 4.79 Å². The lowest BCUT2D eigenvalue weighted by Gasteiger charge is -2.31. The summed E-state index contributed by atoms with van der Waals surface area (Å²) < 4.78 is 5.29. The second-order valence-corrected chi connectivity index (χ2v) is 7.28. The molecule has 1 aliphatic carbocycles. The lowest BCUT2D eigenvalue weighted by atomic mass is 9.94. The number of nitrogens with two attached hydrogens (primary N) is 1. The average Bonchev–Trinajstić information content (AvgIpc) is 2.94. The molecule has 1 aliphatic heterocycles. The maximum absolute atomic E-state index is 12.7. The molecule has 2 N–H and O–H groups in total. The molecule has 1 aromatic rings. The second kappa shape index (κ2) is 5.31. The molecule has 1 spiro atoms. The van der Waals surface area contributed by atoms with Crippen LogP contribution in [-0.4, -0.2) is 45.5 Å². The Hall–Kier alpha value is -2.41. The first-order valence-electron chi connectivity index (χ1n) is 7.83. The van der Waals surface area contributed by atoms with Crippen molar-refractivity contribution < 1.29 is 19.1 Å². The summed E-state index contributed by atoms with van der Waals surface area (Å²) in [5, 5.41) is 0.607. The lowest BCUT2D eigenvalue weighted by molar-refractivity contribution is -0.156. The van der Waals surface area contributed by atoms with Crippen molar-refractivity contribution in [1.82, 2.24) is 9.91 Å². The number of carbonyl (C=O) groups excluding carboxylic acids is 3. The highest BCUT2D eigenvalue weighted by Crippen LogP contribution is 2.39. The summed E-state index contributed by atoms with van der Waals surface area (Å²) in [6, 6.07) is 6.95. The van der Waals surface area contributed by atoms with Crippen molar-refractivity contribution in [3.05, 3.63) is 35.4 Å². The molecule has 0 saturated carbocycles. The summed E-state index contributed by atoms with van der Waals surface area (Å²) in [6.45, 7) is 4.94. The second-order valence-electron chi connectivity index (χ2n) is 7.28. The fraction of sp³-hybridized carbons (Fsp3) is 0.471. The molecule has 7 heteroatoms. The van der Waals surface area contributed by atoms with Crippen LogP contribution in [0, 0.1) is 0 Å². The highest BCUT2D eigenvalue weighted by Gasteiger charge is 2.59. The molecular weight excluding hydrogens is 310 g/mol. The first-order chi connectivity index (χ1) is 11.1. The molecule has 128 valence electrons. The Bertz CT molecular complexity index is 698. The van der Waals surface area contributed by atoms with Gasteiger partial charge in [0.2, 0.25) is 0 Å². The number of rotatable bonds is 2. The van der Waals surface area contributed by atoms with Gasteiger partial charge in [0, 0.05) is 12.8 Å². The van der Waals surface area contributed by atoms with Crippen LogP contribution >= 0.6 is 0 Å². The number of nitrogens with zero attached hydrogens (tertiary/aromatic N) is 2. The van der Waals surface area contributed by atoms with Crippen LogP contribution in [0.5, 0.6) is 0 Å². The average molecular weight is 331 g/mol. The van der Waals surface area contributed by atoms with Gasteiger partial charge in [-0.15, -0.1) is 0 Å². The molecule has 24 heavy (non-hydrogen) atoms. The van der Waals surface area contributed by atoms with Crippen LogP contribution in [-0.2, 0) is 27.2 Å². The van der Waals surface area contributed by atoms with Gasteiger partial charge in [-0.1, -0.05) is 24.3 Å². The quantitative estimate of drug-likeness (QED) is 0.378. The maximum atomic E-state index is 12.7. The molecule has 0 aromatic heterocycles. The van der Waals surface area contributed by atoms with E-state index in [-0.39, 0.29) is 6.54 Å². The van der Waals surface area contributed by atoms with Crippen molar-refractivity contribution in [3.63, 3.8) is 0 Å². The number of carbonyl (C=O) groups is 3. The maximum Gasteiger partial charge on any atom is 0.342 e. The zero-order valence-corrected chi connectivity index (χ0v) is 14.0. The van der Waals surface area contributed by atoms with E-state index in [0.717, 1.165) is 11.1 Å². The normalized spacial score (nSPS) is 19.2. The molecule has 0 atom stereocenters. The Morgan fingerprint density at radius 1 is 1.21 bits per heavy atom. The number of esters is 1. The summed E-state index contributed by atoms with van der Waals surface area (Å²) >= 11 is 0. The molecule has 1 aromatic carbocycles. The van der Waals surface area contributed by atoms with Gasteiger partial charge in [-0.05, 0) is 31.9 Å². The van der Waals surface area contributed by atoms with Crippen LogP contribution in [0.3, 0.4) is 0 Å². The number of imide groups is 1. The van der Waals surface area contributed by atoms with Gasteiger partial charge in [0.25, 0.3) is 5.91 Å². The Morgan fingerprint density at radius 2 is 1.75 bits per heavy atom. The van der Waals surface area contributed by atoms with Crippen molar-refractivity contribution in [1.29, 1.82) is 0 Å². The van der Waals surface area contributed by atoms with Crippen molar-refractivity contribution >= 4 is 17.9 Å². The first kappa shape index (κ1) is 16.4. The summed E-state index contributed by atoms with van der Waals surface area (Å²) in [6.07, 6.45) is 0.703. The Morgan fingerprint density at radius 3 is 2.25 bits per heavy atom. The van der Waals surface area contributed by atoms with Crippen LogP contribution < -0.4 is 5.84 Å². The van der Waals surface area contributed by atoms with Gasteiger partial charge >= 0.3 is 12.0 Å². The first-order valence-corrected chi connectivity index (χ1v) is 7.83. The smallest absolute Gasteiger partial charge is 0.342 e. The van der Waals surface area contributed by atoms with E-state index in [4.69, 9.17) is 10.6 Å². The topological polar surface area (TPSA) is 92.9 Å². The molecule has 3 amide bonds. The van der Waals surface area contributed by atoms with E-state index in [1.807, 2.05) is 24.3 Å². The zero-order valence-electron chi connectivity index (χ0n) is 14.0. The number of urea groups is 1.